The molecule has 2 aromatic rings. The molecule has 0 fully saturated rings. The molecule has 0 bridgehead atoms. The lowest BCUT2D eigenvalue weighted by atomic mass is 9.98. The summed E-state index contributed by atoms with van der Waals surface area (Å²) in [5, 5.41) is 5.24. The number of hydrogen-bond donors (Lipinski definition) is 1. The Morgan fingerprint density at radius 3 is 2.35 bits per heavy atom. The van der Waals surface area contributed by atoms with Crippen molar-refractivity contribution in [2.24, 2.45) is 5.14 Å². The Labute approximate surface area is 107 Å². The molecular formula is C11H15N2O2S2-. The number of fused-ring (bicyclic) bond motifs is 1. The van der Waals surface area contributed by atoms with Gasteiger partial charge in [-0.1, -0.05) is 32.9 Å². The minimum atomic E-state index is -2.36. The zero-order chi connectivity index (χ0) is 13.1. The summed E-state index contributed by atoms with van der Waals surface area (Å²) in [6.07, 6.45) is 0. The van der Waals surface area contributed by atoms with E-state index < -0.39 is 11.3 Å². The first-order chi connectivity index (χ1) is 7.80. The van der Waals surface area contributed by atoms with Crippen LogP contribution in [0.4, 0.5) is 0 Å². The van der Waals surface area contributed by atoms with E-state index in [-0.39, 0.29) is 5.41 Å². The minimum absolute atomic E-state index is 0.170. The quantitative estimate of drug-likeness (QED) is 0.747. The number of nitrogens with zero attached hydrogens (tertiary/aromatic N) is 1. The van der Waals surface area contributed by atoms with Crippen LogP contribution in [0.5, 0.6) is 0 Å². The lowest BCUT2D eigenvalue weighted by Crippen LogP contribution is -2.09. The largest absolute Gasteiger partial charge is 0.760 e. The normalized spacial score (nSPS) is 13.0. The molecule has 4 nitrogen and oxygen atoms in total. The van der Waals surface area contributed by atoms with Gasteiger partial charge < -0.3 is 4.55 Å². The van der Waals surface area contributed by atoms with E-state index in [1.807, 2.05) is 6.07 Å². The van der Waals surface area contributed by atoms with Crippen molar-refractivity contribution in [2.75, 3.05) is 0 Å². The van der Waals surface area contributed by atoms with E-state index in [1.165, 1.54) is 9.71 Å². The fourth-order valence-electron chi connectivity index (χ4n) is 1.19. The molecule has 0 saturated carbocycles. The van der Waals surface area contributed by atoms with Crippen LogP contribution in [0.15, 0.2) is 24.3 Å². The molecule has 1 unspecified atom stereocenters. The van der Waals surface area contributed by atoms with E-state index in [0.717, 1.165) is 5.52 Å². The van der Waals surface area contributed by atoms with E-state index in [2.05, 4.69) is 49.1 Å². The second-order valence-electron chi connectivity index (χ2n) is 4.50. The van der Waals surface area contributed by atoms with Crippen LogP contribution in [0, 0.1) is 0 Å². The molecule has 6 heteroatoms. The van der Waals surface area contributed by atoms with Crippen LogP contribution in [0.2, 0.25) is 0 Å². The smallest absolute Gasteiger partial charge is 0.0992 e. The second kappa shape index (κ2) is 5.68. The van der Waals surface area contributed by atoms with Gasteiger partial charge in [-0.3, -0.25) is 9.35 Å². The van der Waals surface area contributed by atoms with Gasteiger partial charge >= 0.3 is 0 Å². The van der Waals surface area contributed by atoms with Gasteiger partial charge in [0.25, 0.3) is 0 Å². The predicted molar refractivity (Wildman–Crippen MR) is 71.4 cm³/mol. The average molecular weight is 271 g/mol. The molecule has 0 spiro atoms. The third-order valence-electron chi connectivity index (χ3n) is 1.94. The van der Waals surface area contributed by atoms with Crippen molar-refractivity contribution in [1.29, 1.82) is 0 Å². The maximum atomic E-state index is 8.78. The Morgan fingerprint density at radius 1 is 1.35 bits per heavy atom. The van der Waals surface area contributed by atoms with Gasteiger partial charge in [-0.2, -0.15) is 0 Å². The molecule has 0 saturated heterocycles. The van der Waals surface area contributed by atoms with Crippen LogP contribution in [0.25, 0.3) is 10.2 Å². The molecule has 0 aliphatic carbocycles. The highest BCUT2D eigenvalue weighted by molar-refractivity contribution is 7.76. The molecule has 1 heterocycles. The van der Waals surface area contributed by atoms with E-state index >= 15 is 0 Å². The van der Waals surface area contributed by atoms with Crippen LogP contribution in [0.1, 0.15) is 25.8 Å². The molecule has 2 rings (SSSR count). The summed E-state index contributed by atoms with van der Waals surface area (Å²) in [5.74, 6) is 0. The first-order valence-corrected chi connectivity index (χ1v) is 6.96. The minimum Gasteiger partial charge on any atom is -0.760 e. The standard InChI is InChI=1S/C11H13NS.H3NO2S/c1-11(2,3)10-12-8-6-4-5-7-9(8)13-10;1-4(2)3/h4-7H,1-3H3;1H2,(H,2,3)/p-1. The topological polar surface area (TPSA) is 79.0 Å². The summed E-state index contributed by atoms with van der Waals surface area (Å²) < 4.78 is 18.8. The van der Waals surface area contributed by atoms with Gasteiger partial charge in [0.15, 0.2) is 0 Å². The Bertz CT molecular complexity index is 480. The van der Waals surface area contributed by atoms with Gasteiger partial charge in [0.05, 0.1) is 15.2 Å². The van der Waals surface area contributed by atoms with Crippen molar-refractivity contribution in [3.05, 3.63) is 29.3 Å². The number of thiazole rings is 1. The third kappa shape index (κ3) is 4.51. The lowest BCUT2D eigenvalue weighted by molar-refractivity contribution is 0.539. The van der Waals surface area contributed by atoms with Gasteiger partial charge in [0, 0.05) is 16.7 Å². The van der Waals surface area contributed by atoms with Gasteiger partial charge in [0.2, 0.25) is 0 Å². The maximum absolute atomic E-state index is 8.78. The monoisotopic (exact) mass is 271 g/mol. The Morgan fingerprint density at radius 2 is 1.88 bits per heavy atom. The Hall–Kier alpha value is -0.820. The summed E-state index contributed by atoms with van der Waals surface area (Å²) in [6.45, 7) is 6.60. The van der Waals surface area contributed by atoms with E-state index in [0.29, 0.717) is 0 Å². The fourth-order valence-corrected chi connectivity index (χ4v) is 2.22. The molecule has 1 atom stereocenters. The number of benzene rings is 1. The molecular weight excluding hydrogens is 256 g/mol. The summed E-state index contributed by atoms with van der Waals surface area (Å²) in [6, 6.07) is 8.30. The van der Waals surface area contributed by atoms with Crippen LogP contribution >= 0.6 is 11.3 Å². The first-order valence-electron chi connectivity index (χ1n) is 5.00. The molecule has 1 aromatic carbocycles. The number of nitrogens with two attached hydrogens (primary N) is 1. The summed E-state index contributed by atoms with van der Waals surface area (Å²) in [4.78, 5) is 4.60. The van der Waals surface area contributed by atoms with Gasteiger partial charge in [-0.05, 0) is 12.1 Å². The van der Waals surface area contributed by atoms with Crippen LogP contribution in [-0.2, 0) is 16.7 Å². The first kappa shape index (κ1) is 14.2. The Balaban J connectivity index is 0.000000317. The average Bonchev–Trinajstić information content (AvgIpc) is 2.59. The molecule has 0 radical (unpaired) electrons. The third-order valence-corrected chi connectivity index (χ3v) is 3.40. The Kier molecular flexibility index (Phi) is 4.76. The van der Waals surface area contributed by atoms with Crippen molar-refractivity contribution >= 4 is 32.8 Å². The molecule has 0 amide bonds. The van der Waals surface area contributed by atoms with E-state index in [9.17, 15) is 0 Å². The molecule has 17 heavy (non-hydrogen) atoms. The molecule has 0 aliphatic rings. The highest BCUT2D eigenvalue weighted by atomic mass is 32.2. The van der Waals surface area contributed by atoms with Crippen molar-refractivity contribution in [1.82, 2.24) is 4.98 Å². The summed E-state index contributed by atoms with van der Waals surface area (Å²) in [5.41, 5.74) is 1.29. The fraction of sp³-hybridized carbons (Fsp3) is 0.364. The van der Waals surface area contributed by atoms with Crippen molar-refractivity contribution in [3.8, 4) is 0 Å². The van der Waals surface area contributed by atoms with E-state index in [4.69, 9.17) is 8.76 Å². The molecule has 0 aliphatic heterocycles. The molecule has 2 N–H and O–H groups in total. The van der Waals surface area contributed by atoms with Crippen LogP contribution in [0.3, 0.4) is 0 Å². The van der Waals surface area contributed by atoms with Gasteiger partial charge in [0.1, 0.15) is 0 Å². The van der Waals surface area contributed by atoms with Gasteiger partial charge in [-0.25, -0.2) is 4.98 Å². The number of hydrogen-bond acceptors (Lipinski definition) is 4. The van der Waals surface area contributed by atoms with E-state index in [1.54, 1.807) is 11.3 Å². The highest BCUT2D eigenvalue weighted by Crippen LogP contribution is 2.30. The second-order valence-corrected chi connectivity index (χ2v) is 6.05. The van der Waals surface area contributed by atoms with Crippen molar-refractivity contribution in [2.45, 2.75) is 26.2 Å². The summed E-state index contributed by atoms with van der Waals surface area (Å²) >= 11 is -0.568. The number of aromatic nitrogens is 1. The maximum Gasteiger partial charge on any atom is 0.0992 e. The zero-order valence-corrected chi connectivity index (χ0v) is 11.6. The van der Waals surface area contributed by atoms with Crippen molar-refractivity contribution < 1.29 is 8.76 Å². The number of rotatable bonds is 0. The van der Waals surface area contributed by atoms with Crippen LogP contribution in [-0.4, -0.2) is 13.7 Å². The van der Waals surface area contributed by atoms with Crippen molar-refractivity contribution in [3.63, 3.8) is 0 Å². The number of para-hydroxylation sites is 1. The lowest BCUT2D eigenvalue weighted by Gasteiger charge is -2.13. The van der Waals surface area contributed by atoms with Crippen LogP contribution < -0.4 is 5.14 Å². The van der Waals surface area contributed by atoms with Gasteiger partial charge in [-0.15, -0.1) is 11.3 Å². The SMILES string of the molecule is CC(C)(C)c1nc2ccccc2s1.NS(=O)[O-]. The highest BCUT2D eigenvalue weighted by Gasteiger charge is 2.18. The predicted octanol–water partition coefficient (Wildman–Crippen LogP) is 2.33. The zero-order valence-electron chi connectivity index (χ0n) is 9.97. The molecule has 94 valence electrons. The molecule has 1 aromatic heterocycles. The summed E-state index contributed by atoms with van der Waals surface area (Å²) in [7, 11) is 0.